The molecule has 2 heterocycles. The second-order valence-electron chi connectivity index (χ2n) is 5.60. The molecular formula is C18H17FN2O3S2. The predicted octanol–water partition coefficient (Wildman–Crippen LogP) is 3.17. The quantitative estimate of drug-likeness (QED) is 0.782. The first kappa shape index (κ1) is 18.8. The van der Waals surface area contributed by atoms with E-state index in [-0.39, 0.29) is 16.6 Å². The van der Waals surface area contributed by atoms with Gasteiger partial charge in [-0.2, -0.15) is 4.31 Å². The molecule has 1 aliphatic heterocycles. The Morgan fingerprint density at radius 1 is 1.35 bits per heavy atom. The Bertz CT molecular complexity index is 946. The maximum absolute atomic E-state index is 13.5. The Morgan fingerprint density at radius 3 is 2.81 bits per heavy atom. The molecule has 0 bridgehead atoms. The van der Waals surface area contributed by atoms with Crippen molar-refractivity contribution in [1.82, 2.24) is 9.29 Å². The zero-order valence-electron chi connectivity index (χ0n) is 14.0. The molecule has 0 unspecified atom stereocenters. The van der Waals surface area contributed by atoms with Crippen molar-refractivity contribution in [3.8, 4) is 0 Å². The van der Waals surface area contributed by atoms with Crippen molar-refractivity contribution in [3.05, 3.63) is 71.8 Å². The molecule has 0 saturated carbocycles. The van der Waals surface area contributed by atoms with Gasteiger partial charge in [-0.05, 0) is 35.6 Å². The highest BCUT2D eigenvalue weighted by Crippen LogP contribution is 2.39. The van der Waals surface area contributed by atoms with Gasteiger partial charge in [0.25, 0.3) is 0 Å². The third kappa shape index (κ3) is 3.58. The van der Waals surface area contributed by atoms with Gasteiger partial charge >= 0.3 is 0 Å². The summed E-state index contributed by atoms with van der Waals surface area (Å²) in [5.74, 6) is -0.0407. The summed E-state index contributed by atoms with van der Waals surface area (Å²) in [5, 5.41) is -0.168. The molecule has 1 aromatic heterocycles. The van der Waals surface area contributed by atoms with Gasteiger partial charge in [0.15, 0.2) is 0 Å². The average molecular weight is 392 g/mol. The maximum Gasteiger partial charge on any atom is 0.244 e. The van der Waals surface area contributed by atoms with Crippen LogP contribution < -0.4 is 0 Å². The second-order valence-corrected chi connectivity index (χ2v) is 8.73. The average Bonchev–Trinajstić information content (AvgIpc) is 3.09. The normalized spacial score (nSPS) is 17.9. The molecule has 0 radical (unpaired) electrons. The summed E-state index contributed by atoms with van der Waals surface area (Å²) in [5.41, 5.74) is 1.01. The number of hydrogen-bond donors (Lipinski definition) is 0. The molecule has 0 N–H and O–H groups in total. The van der Waals surface area contributed by atoms with E-state index in [0.717, 1.165) is 17.8 Å². The van der Waals surface area contributed by atoms with Crippen LogP contribution >= 0.6 is 11.8 Å². The highest BCUT2D eigenvalue weighted by Gasteiger charge is 2.40. The van der Waals surface area contributed by atoms with Gasteiger partial charge in [-0.3, -0.25) is 9.78 Å². The van der Waals surface area contributed by atoms with E-state index in [1.807, 2.05) is 6.92 Å². The molecule has 1 aromatic carbocycles. The van der Waals surface area contributed by atoms with E-state index in [9.17, 15) is 17.6 Å². The number of rotatable bonds is 5. The van der Waals surface area contributed by atoms with Gasteiger partial charge in [-0.15, -0.1) is 0 Å². The zero-order chi connectivity index (χ0) is 18.7. The van der Waals surface area contributed by atoms with E-state index in [4.69, 9.17) is 0 Å². The van der Waals surface area contributed by atoms with E-state index in [1.165, 1.54) is 22.5 Å². The van der Waals surface area contributed by atoms with E-state index >= 15 is 0 Å². The molecule has 0 fully saturated rings. The van der Waals surface area contributed by atoms with Crippen molar-refractivity contribution in [2.24, 2.45) is 0 Å². The number of pyridine rings is 1. The lowest BCUT2D eigenvalue weighted by atomic mass is 10.0. The molecule has 0 spiro atoms. The van der Waals surface area contributed by atoms with E-state index in [0.29, 0.717) is 16.9 Å². The number of benzene rings is 1. The van der Waals surface area contributed by atoms with Crippen LogP contribution in [-0.2, 0) is 14.8 Å². The summed E-state index contributed by atoms with van der Waals surface area (Å²) in [6, 6.07) is 7.51. The van der Waals surface area contributed by atoms with Crippen LogP contribution in [0.1, 0.15) is 18.5 Å². The summed E-state index contributed by atoms with van der Waals surface area (Å²) >= 11 is 1.13. The lowest BCUT2D eigenvalue weighted by Crippen LogP contribution is -2.33. The smallest absolute Gasteiger partial charge is 0.244 e. The van der Waals surface area contributed by atoms with Crippen LogP contribution in [0.3, 0.4) is 0 Å². The standard InChI is InChI=1S/C18H17FN2O3S2/c1-2-25-18(22)16-8-10-21(17(16)13-5-4-9-20-12-13)26(23,24)15-7-3-6-14(19)11-15/h3-9,11-12,17H,2,10H2,1H3/t17-/m1/s1. The van der Waals surface area contributed by atoms with Crippen molar-refractivity contribution in [1.29, 1.82) is 0 Å². The van der Waals surface area contributed by atoms with Crippen molar-refractivity contribution in [2.45, 2.75) is 17.9 Å². The number of thioether (sulfide) groups is 1. The molecule has 1 atom stereocenters. The number of aromatic nitrogens is 1. The van der Waals surface area contributed by atoms with Gasteiger partial charge in [-0.25, -0.2) is 12.8 Å². The van der Waals surface area contributed by atoms with Crippen LogP contribution in [0, 0.1) is 5.82 Å². The number of halogens is 1. The summed E-state index contributed by atoms with van der Waals surface area (Å²) < 4.78 is 40.9. The molecule has 3 rings (SSSR count). The monoisotopic (exact) mass is 392 g/mol. The summed E-state index contributed by atoms with van der Waals surface area (Å²) in [6.07, 6.45) is 4.75. The number of carbonyl (C=O) groups is 1. The number of hydrogen-bond acceptors (Lipinski definition) is 5. The third-order valence-corrected chi connectivity index (χ3v) is 6.60. The summed E-state index contributed by atoms with van der Waals surface area (Å²) in [4.78, 5) is 16.4. The number of carbonyl (C=O) groups excluding carboxylic acids is 1. The summed E-state index contributed by atoms with van der Waals surface area (Å²) in [6.45, 7) is 1.90. The fraction of sp³-hybridized carbons (Fsp3) is 0.222. The first-order valence-corrected chi connectivity index (χ1v) is 10.4. The molecular weight excluding hydrogens is 375 g/mol. The van der Waals surface area contributed by atoms with Gasteiger partial charge in [0.05, 0.1) is 10.9 Å². The first-order valence-electron chi connectivity index (χ1n) is 7.99. The van der Waals surface area contributed by atoms with Gasteiger partial charge in [0.2, 0.25) is 15.1 Å². The summed E-state index contributed by atoms with van der Waals surface area (Å²) in [7, 11) is -3.99. The van der Waals surface area contributed by atoms with Gasteiger partial charge in [-0.1, -0.05) is 36.9 Å². The van der Waals surface area contributed by atoms with Crippen LogP contribution in [0.2, 0.25) is 0 Å². The molecule has 5 nitrogen and oxygen atoms in total. The lowest BCUT2D eigenvalue weighted by Gasteiger charge is -2.26. The first-order chi connectivity index (χ1) is 12.4. The minimum atomic E-state index is -3.99. The fourth-order valence-corrected chi connectivity index (χ4v) is 5.04. The fourth-order valence-electron chi connectivity index (χ4n) is 2.85. The molecule has 1 aliphatic rings. The molecule has 0 saturated heterocycles. The van der Waals surface area contributed by atoms with Crippen molar-refractivity contribution in [3.63, 3.8) is 0 Å². The van der Waals surface area contributed by atoms with Crippen LogP contribution in [-0.4, -0.2) is 35.1 Å². The minimum Gasteiger partial charge on any atom is -0.282 e. The number of sulfonamides is 1. The van der Waals surface area contributed by atoms with Crippen molar-refractivity contribution >= 4 is 26.9 Å². The molecule has 0 aliphatic carbocycles. The van der Waals surface area contributed by atoms with Crippen LogP contribution in [0.4, 0.5) is 4.39 Å². The van der Waals surface area contributed by atoms with Gasteiger partial charge in [0.1, 0.15) is 5.82 Å². The Morgan fingerprint density at radius 2 is 2.15 bits per heavy atom. The van der Waals surface area contributed by atoms with Crippen molar-refractivity contribution in [2.75, 3.05) is 12.3 Å². The van der Waals surface area contributed by atoms with Gasteiger partial charge < -0.3 is 0 Å². The van der Waals surface area contributed by atoms with Gasteiger partial charge in [0, 0.05) is 24.5 Å². The Kier molecular flexibility index (Phi) is 5.55. The van der Waals surface area contributed by atoms with E-state index in [1.54, 1.807) is 30.6 Å². The molecule has 0 amide bonds. The highest BCUT2D eigenvalue weighted by atomic mass is 32.2. The molecule has 8 heteroatoms. The molecule has 26 heavy (non-hydrogen) atoms. The number of nitrogens with zero attached hydrogens (tertiary/aromatic N) is 2. The van der Waals surface area contributed by atoms with Crippen LogP contribution in [0.15, 0.2) is 65.3 Å². The molecule has 2 aromatic rings. The second kappa shape index (κ2) is 7.69. The Hall–Kier alpha value is -2.03. The van der Waals surface area contributed by atoms with Crippen molar-refractivity contribution < 1.29 is 17.6 Å². The largest absolute Gasteiger partial charge is 0.282 e. The molecule has 136 valence electrons. The topological polar surface area (TPSA) is 67.3 Å². The SMILES string of the molecule is CCSC(=O)C1=CCN(S(=O)(=O)c2cccc(F)c2)[C@@H]1c1cccnc1. The Balaban J connectivity index is 2.05. The highest BCUT2D eigenvalue weighted by molar-refractivity contribution is 8.14. The minimum absolute atomic E-state index is 0.0454. The van der Waals surface area contributed by atoms with E-state index in [2.05, 4.69) is 4.98 Å². The zero-order valence-corrected chi connectivity index (χ0v) is 15.6. The van der Waals surface area contributed by atoms with Crippen LogP contribution in [0.5, 0.6) is 0 Å². The predicted molar refractivity (Wildman–Crippen MR) is 98.5 cm³/mol. The Labute approximate surface area is 156 Å². The van der Waals surface area contributed by atoms with Crippen LogP contribution in [0.25, 0.3) is 0 Å². The van der Waals surface area contributed by atoms with E-state index < -0.39 is 21.9 Å². The lowest BCUT2D eigenvalue weighted by molar-refractivity contribution is -0.108. The third-order valence-electron chi connectivity index (χ3n) is 3.99. The maximum atomic E-state index is 13.5.